The monoisotopic (exact) mass is 285 g/mol. The molecule has 1 nitrogen and oxygen atoms in total. The van der Waals surface area contributed by atoms with Gasteiger partial charge >= 0.3 is 6.18 Å². The van der Waals surface area contributed by atoms with E-state index in [4.69, 9.17) is 0 Å². The number of nitrogens with one attached hydrogen (secondary N) is 1. The Balaban J connectivity index is 2.34. The smallest absolute Gasteiger partial charge is 0.313 e. The van der Waals surface area contributed by atoms with Gasteiger partial charge in [-0.25, -0.2) is 0 Å². The van der Waals surface area contributed by atoms with Crippen LogP contribution in [0.4, 0.5) is 13.2 Å². The first-order valence-corrected chi connectivity index (χ1v) is 6.68. The summed E-state index contributed by atoms with van der Waals surface area (Å²) in [5, 5.41) is 3.11. The van der Waals surface area contributed by atoms with Crippen LogP contribution < -0.4 is 5.32 Å². The molecule has 5 heteroatoms. The largest absolute Gasteiger partial charge is 0.416 e. The number of hydrogen-bond donors (Lipinski definition) is 1. The topological polar surface area (TPSA) is 12.0 Å². The molecule has 0 aliphatic heterocycles. The van der Waals surface area contributed by atoms with Crippen molar-refractivity contribution in [1.82, 2.24) is 5.32 Å². The van der Waals surface area contributed by atoms with E-state index < -0.39 is 11.7 Å². The van der Waals surface area contributed by atoms with E-state index >= 15 is 0 Å². The predicted molar refractivity (Wildman–Crippen MR) is 72.2 cm³/mol. The quantitative estimate of drug-likeness (QED) is 0.861. The third-order valence-electron chi connectivity index (χ3n) is 2.96. The van der Waals surface area contributed by atoms with Crippen LogP contribution in [-0.4, -0.2) is 7.05 Å². The fourth-order valence-electron chi connectivity index (χ4n) is 1.73. The Kier molecular flexibility index (Phi) is 3.96. The second-order valence-corrected chi connectivity index (χ2v) is 5.41. The molecule has 1 aromatic heterocycles. The Morgan fingerprint density at radius 1 is 1.16 bits per heavy atom. The molecule has 0 bridgehead atoms. The molecule has 19 heavy (non-hydrogen) atoms. The van der Waals surface area contributed by atoms with Gasteiger partial charge in [0.05, 0.1) is 5.56 Å². The second kappa shape index (κ2) is 5.35. The summed E-state index contributed by atoms with van der Waals surface area (Å²) in [5.41, 5.74) is -0.00371. The van der Waals surface area contributed by atoms with Crippen molar-refractivity contribution in [2.75, 3.05) is 7.05 Å². The lowest BCUT2D eigenvalue weighted by Crippen LogP contribution is -2.10. The molecule has 0 fully saturated rings. The Morgan fingerprint density at radius 2 is 1.89 bits per heavy atom. The molecule has 2 aromatic rings. The van der Waals surface area contributed by atoms with Gasteiger partial charge in [-0.2, -0.15) is 13.2 Å². The van der Waals surface area contributed by atoms with E-state index in [1.165, 1.54) is 23.5 Å². The van der Waals surface area contributed by atoms with Crippen LogP contribution in [0.15, 0.2) is 36.4 Å². The van der Waals surface area contributed by atoms with Crippen molar-refractivity contribution in [3.05, 3.63) is 46.8 Å². The number of thiophene rings is 1. The van der Waals surface area contributed by atoms with E-state index in [9.17, 15) is 13.2 Å². The van der Waals surface area contributed by atoms with Gasteiger partial charge in [0.15, 0.2) is 0 Å². The number of alkyl halides is 3. The molecular formula is C14H14F3NS. The van der Waals surface area contributed by atoms with Crippen LogP contribution in [0, 0.1) is 0 Å². The molecule has 0 saturated carbocycles. The maximum Gasteiger partial charge on any atom is 0.416 e. The molecule has 102 valence electrons. The highest BCUT2D eigenvalue weighted by Gasteiger charge is 2.30. The predicted octanol–water partition coefficient (Wildman–Crippen LogP) is 4.71. The van der Waals surface area contributed by atoms with Gasteiger partial charge in [0.25, 0.3) is 0 Å². The van der Waals surface area contributed by atoms with Crippen molar-refractivity contribution in [2.24, 2.45) is 0 Å². The summed E-state index contributed by atoms with van der Waals surface area (Å²) in [4.78, 5) is 1.96. The van der Waals surface area contributed by atoms with E-state index in [-0.39, 0.29) is 6.04 Å². The van der Waals surface area contributed by atoms with Crippen LogP contribution in [0.1, 0.15) is 23.4 Å². The van der Waals surface area contributed by atoms with E-state index in [0.717, 1.165) is 15.8 Å². The molecule has 0 saturated heterocycles. The fraction of sp³-hybridized carbons (Fsp3) is 0.286. The molecule has 1 heterocycles. The highest BCUT2D eigenvalue weighted by Crippen LogP contribution is 2.35. The lowest BCUT2D eigenvalue weighted by Gasteiger charge is -2.08. The molecule has 0 aliphatic carbocycles. The molecule has 0 spiro atoms. The van der Waals surface area contributed by atoms with E-state index in [1.54, 1.807) is 6.07 Å². The third-order valence-corrected chi connectivity index (χ3v) is 4.28. The molecule has 1 N–H and O–H groups in total. The lowest BCUT2D eigenvalue weighted by molar-refractivity contribution is -0.137. The van der Waals surface area contributed by atoms with Gasteiger partial charge in [-0.05, 0) is 43.8 Å². The van der Waals surface area contributed by atoms with Crippen molar-refractivity contribution in [3.63, 3.8) is 0 Å². The van der Waals surface area contributed by atoms with Gasteiger partial charge in [0.2, 0.25) is 0 Å². The summed E-state index contributed by atoms with van der Waals surface area (Å²) in [6.45, 7) is 2.02. The van der Waals surface area contributed by atoms with Crippen molar-refractivity contribution in [1.29, 1.82) is 0 Å². The van der Waals surface area contributed by atoms with E-state index in [0.29, 0.717) is 5.56 Å². The highest BCUT2D eigenvalue weighted by atomic mass is 32.1. The summed E-state index contributed by atoms with van der Waals surface area (Å²) in [7, 11) is 1.86. The average molecular weight is 285 g/mol. The first-order valence-electron chi connectivity index (χ1n) is 5.86. The molecule has 2 rings (SSSR count). The van der Waals surface area contributed by atoms with Crippen LogP contribution in [0.3, 0.4) is 0 Å². The average Bonchev–Trinajstić information content (AvgIpc) is 2.86. The molecule has 0 amide bonds. The Morgan fingerprint density at radius 3 is 2.53 bits per heavy atom. The van der Waals surface area contributed by atoms with Gasteiger partial charge < -0.3 is 5.32 Å². The Hall–Kier alpha value is -1.33. The van der Waals surface area contributed by atoms with Gasteiger partial charge in [0.1, 0.15) is 0 Å². The van der Waals surface area contributed by atoms with Crippen molar-refractivity contribution < 1.29 is 13.2 Å². The zero-order valence-corrected chi connectivity index (χ0v) is 11.4. The Labute approximate surface area is 114 Å². The van der Waals surface area contributed by atoms with Crippen molar-refractivity contribution >= 4 is 11.3 Å². The SMILES string of the molecule is CNC(C)c1ccc(-c2cccc(C(F)(F)F)c2)s1. The van der Waals surface area contributed by atoms with Crippen LogP contribution in [-0.2, 0) is 6.18 Å². The van der Waals surface area contributed by atoms with E-state index in [2.05, 4.69) is 5.32 Å². The minimum atomic E-state index is -4.30. The van der Waals surface area contributed by atoms with Gasteiger partial charge in [-0.15, -0.1) is 11.3 Å². The first-order chi connectivity index (χ1) is 8.91. The normalized spacial score (nSPS) is 13.5. The zero-order valence-electron chi connectivity index (χ0n) is 10.6. The molecular weight excluding hydrogens is 271 g/mol. The fourth-order valence-corrected chi connectivity index (χ4v) is 2.80. The summed E-state index contributed by atoms with van der Waals surface area (Å²) < 4.78 is 38.0. The molecule has 0 aliphatic rings. The minimum Gasteiger partial charge on any atom is -0.313 e. The maximum absolute atomic E-state index is 12.7. The summed E-state index contributed by atoms with van der Waals surface area (Å²) in [6, 6.07) is 9.44. The Bertz CT molecular complexity index is 560. The molecule has 1 aromatic carbocycles. The standard InChI is InChI=1S/C14H14F3NS/c1-9(18-2)12-6-7-13(19-12)10-4-3-5-11(8-10)14(15,16)17/h3-9,18H,1-2H3. The number of benzene rings is 1. The van der Waals surface area contributed by atoms with Gasteiger partial charge in [0, 0.05) is 15.8 Å². The molecule has 1 unspecified atom stereocenters. The third kappa shape index (κ3) is 3.16. The highest BCUT2D eigenvalue weighted by molar-refractivity contribution is 7.15. The molecule has 0 radical (unpaired) electrons. The van der Waals surface area contributed by atoms with Crippen LogP contribution in [0.25, 0.3) is 10.4 Å². The van der Waals surface area contributed by atoms with Crippen LogP contribution in [0.5, 0.6) is 0 Å². The van der Waals surface area contributed by atoms with Crippen LogP contribution in [0.2, 0.25) is 0 Å². The second-order valence-electron chi connectivity index (χ2n) is 4.29. The van der Waals surface area contributed by atoms with E-state index in [1.807, 2.05) is 26.1 Å². The summed E-state index contributed by atoms with van der Waals surface area (Å²) >= 11 is 1.51. The lowest BCUT2D eigenvalue weighted by atomic mass is 10.1. The van der Waals surface area contributed by atoms with Crippen LogP contribution >= 0.6 is 11.3 Å². The maximum atomic E-state index is 12.7. The van der Waals surface area contributed by atoms with Crippen molar-refractivity contribution in [2.45, 2.75) is 19.1 Å². The van der Waals surface area contributed by atoms with Gasteiger partial charge in [-0.3, -0.25) is 0 Å². The number of rotatable bonds is 3. The first kappa shape index (κ1) is 14.1. The summed E-state index contributed by atoms with van der Waals surface area (Å²) in [5.74, 6) is 0. The summed E-state index contributed by atoms with van der Waals surface area (Å²) in [6.07, 6.45) is -4.30. The number of hydrogen-bond acceptors (Lipinski definition) is 2. The number of halogens is 3. The van der Waals surface area contributed by atoms with Gasteiger partial charge in [-0.1, -0.05) is 12.1 Å². The zero-order chi connectivity index (χ0) is 14.0. The van der Waals surface area contributed by atoms with Crippen molar-refractivity contribution in [3.8, 4) is 10.4 Å². The minimum absolute atomic E-state index is 0.199. The molecule has 1 atom stereocenters.